The lowest BCUT2D eigenvalue weighted by Gasteiger charge is -2.10. The highest BCUT2D eigenvalue weighted by Gasteiger charge is 2.37. The molecule has 0 radical (unpaired) electrons. The number of nitrogens with zero attached hydrogens (tertiary/aromatic N) is 3. The maximum absolute atomic E-state index is 13.1. The average Bonchev–Trinajstić information content (AvgIpc) is 3.15. The van der Waals surface area contributed by atoms with Gasteiger partial charge in [-0.25, -0.2) is 10.4 Å². The maximum Gasteiger partial charge on any atom is 0.449 e. The number of hydrogen-bond acceptors (Lipinski definition) is 4. The number of para-hydroxylation sites is 2. The Morgan fingerprint density at radius 3 is 2.79 bits per heavy atom. The largest absolute Gasteiger partial charge is 0.449 e. The molecule has 0 atom stereocenters. The van der Waals surface area contributed by atoms with E-state index in [1.54, 1.807) is 18.2 Å². The molecule has 5 nitrogen and oxygen atoms in total. The second-order valence-electron chi connectivity index (χ2n) is 4.82. The number of hydrogen-bond donors (Lipinski definition) is 1. The van der Waals surface area contributed by atoms with E-state index < -0.39 is 24.5 Å². The molecule has 0 saturated carbocycles. The maximum atomic E-state index is 13.1. The van der Waals surface area contributed by atoms with Crippen LogP contribution in [0, 0.1) is 0 Å². The number of hydrazone groups is 1. The lowest BCUT2D eigenvalue weighted by molar-refractivity contribution is -0.147. The number of imidazole rings is 1. The number of carbonyl (C=O) groups is 1. The lowest BCUT2D eigenvalue weighted by Crippen LogP contribution is -2.26. The molecule has 0 saturated heterocycles. The van der Waals surface area contributed by atoms with Crippen molar-refractivity contribution < 1.29 is 18.0 Å². The van der Waals surface area contributed by atoms with Crippen LogP contribution in [0.25, 0.3) is 11.0 Å². The summed E-state index contributed by atoms with van der Waals surface area (Å²) in [5.41, 5.74) is 2.64. The number of amides is 1. The van der Waals surface area contributed by atoms with E-state index in [-0.39, 0.29) is 11.0 Å². The molecule has 0 aliphatic carbocycles. The molecule has 0 aliphatic heterocycles. The van der Waals surface area contributed by atoms with Gasteiger partial charge in [-0.1, -0.05) is 18.2 Å². The minimum absolute atomic E-state index is 0.180. The van der Waals surface area contributed by atoms with Gasteiger partial charge >= 0.3 is 6.18 Å². The van der Waals surface area contributed by atoms with E-state index in [0.29, 0.717) is 0 Å². The van der Waals surface area contributed by atoms with Crippen LogP contribution in [-0.4, -0.2) is 21.7 Å². The molecule has 1 N–H and O–H groups in total. The van der Waals surface area contributed by atoms with Gasteiger partial charge in [0.15, 0.2) is 0 Å². The lowest BCUT2D eigenvalue weighted by atomic mass is 10.3. The third kappa shape index (κ3) is 3.46. The summed E-state index contributed by atoms with van der Waals surface area (Å²) in [6, 6.07) is 9.75. The van der Waals surface area contributed by atoms with Crippen molar-refractivity contribution >= 4 is 34.5 Å². The molecule has 0 spiro atoms. The zero-order chi connectivity index (χ0) is 17.2. The molecular formula is C15H11F3N4OS. The summed E-state index contributed by atoms with van der Waals surface area (Å²) in [6.45, 7) is -0.531. The van der Waals surface area contributed by atoms with Crippen molar-refractivity contribution in [1.29, 1.82) is 0 Å². The molecule has 124 valence electrons. The van der Waals surface area contributed by atoms with Gasteiger partial charge in [0.1, 0.15) is 6.54 Å². The van der Waals surface area contributed by atoms with Crippen LogP contribution >= 0.6 is 11.3 Å². The summed E-state index contributed by atoms with van der Waals surface area (Å²) < 4.78 is 40.2. The second kappa shape index (κ2) is 6.44. The first-order valence-electron chi connectivity index (χ1n) is 6.83. The predicted molar refractivity (Wildman–Crippen MR) is 84.8 cm³/mol. The average molecular weight is 352 g/mol. The summed E-state index contributed by atoms with van der Waals surface area (Å²) in [4.78, 5) is 16.3. The summed E-state index contributed by atoms with van der Waals surface area (Å²) in [6.07, 6.45) is -3.22. The summed E-state index contributed by atoms with van der Waals surface area (Å²) in [5.74, 6) is -1.78. The van der Waals surface area contributed by atoms with Gasteiger partial charge in [-0.2, -0.15) is 18.3 Å². The summed E-state index contributed by atoms with van der Waals surface area (Å²) >= 11 is 1.42. The molecule has 0 aliphatic rings. The number of aromatic nitrogens is 2. The summed E-state index contributed by atoms with van der Waals surface area (Å²) in [5, 5.41) is 5.58. The molecule has 3 rings (SSSR count). The fourth-order valence-corrected chi connectivity index (χ4v) is 2.75. The van der Waals surface area contributed by atoms with Crippen LogP contribution in [0.2, 0.25) is 0 Å². The smallest absolute Gasteiger partial charge is 0.311 e. The quantitative estimate of drug-likeness (QED) is 0.579. The monoisotopic (exact) mass is 352 g/mol. The van der Waals surface area contributed by atoms with Gasteiger partial charge < -0.3 is 4.57 Å². The van der Waals surface area contributed by atoms with Crippen molar-refractivity contribution in [2.45, 2.75) is 12.7 Å². The van der Waals surface area contributed by atoms with E-state index in [1.807, 2.05) is 11.4 Å². The Hall–Kier alpha value is -2.68. The van der Waals surface area contributed by atoms with E-state index in [2.05, 4.69) is 15.5 Å². The molecule has 2 aromatic heterocycles. The van der Waals surface area contributed by atoms with Crippen molar-refractivity contribution in [2.24, 2.45) is 5.10 Å². The third-order valence-electron chi connectivity index (χ3n) is 3.13. The van der Waals surface area contributed by atoms with Crippen LogP contribution in [0.3, 0.4) is 0 Å². The molecule has 1 amide bonds. The van der Waals surface area contributed by atoms with E-state index in [1.165, 1.54) is 29.7 Å². The summed E-state index contributed by atoms with van der Waals surface area (Å²) in [7, 11) is 0. The Morgan fingerprint density at radius 2 is 2.08 bits per heavy atom. The first-order valence-corrected chi connectivity index (χ1v) is 7.71. The van der Waals surface area contributed by atoms with Crippen molar-refractivity contribution in [2.75, 3.05) is 0 Å². The molecule has 3 aromatic rings. The number of fused-ring (bicyclic) bond motifs is 1. The van der Waals surface area contributed by atoms with Gasteiger partial charge in [0.25, 0.3) is 5.91 Å². The van der Waals surface area contributed by atoms with Crippen molar-refractivity contribution in [3.8, 4) is 0 Å². The van der Waals surface area contributed by atoms with Crippen molar-refractivity contribution in [3.05, 3.63) is 52.5 Å². The second-order valence-corrected chi connectivity index (χ2v) is 5.80. The molecule has 0 unspecified atom stereocenters. The van der Waals surface area contributed by atoms with Crippen molar-refractivity contribution in [1.82, 2.24) is 15.0 Å². The number of rotatable bonds is 4. The SMILES string of the molecule is O=C(Cn1c(C(F)(F)F)nc2ccccc21)NN=Cc1cccs1. The minimum atomic E-state index is -4.65. The van der Waals surface area contributed by atoms with Gasteiger partial charge in [-0.3, -0.25) is 4.79 Å². The molecule has 0 bridgehead atoms. The Labute approximate surface area is 138 Å². The van der Waals surface area contributed by atoms with Gasteiger partial charge in [-0.05, 0) is 23.6 Å². The fraction of sp³-hybridized carbons (Fsp3) is 0.133. The first-order chi connectivity index (χ1) is 11.4. The van der Waals surface area contributed by atoms with E-state index in [0.717, 1.165) is 9.44 Å². The number of halogens is 3. The number of thiophene rings is 1. The molecule has 24 heavy (non-hydrogen) atoms. The molecule has 0 fully saturated rings. The predicted octanol–water partition coefficient (Wildman–Crippen LogP) is 3.27. The van der Waals surface area contributed by atoms with Gasteiger partial charge in [0.05, 0.1) is 17.2 Å². The van der Waals surface area contributed by atoms with Crippen LogP contribution in [0.4, 0.5) is 13.2 Å². The highest BCUT2D eigenvalue weighted by molar-refractivity contribution is 7.11. The van der Waals surface area contributed by atoms with Crippen LogP contribution in [-0.2, 0) is 17.5 Å². The zero-order valence-corrected chi connectivity index (χ0v) is 12.9. The minimum Gasteiger partial charge on any atom is -0.311 e. The molecule has 1 aromatic carbocycles. The van der Waals surface area contributed by atoms with Gasteiger partial charge in [0, 0.05) is 4.88 Å². The molecular weight excluding hydrogens is 341 g/mol. The van der Waals surface area contributed by atoms with Crippen LogP contribution in [0.15, 0.2) is 46.9 Å². The topological polar surface area (TPSA) is 59.3 Å². The zero-order valence-electron chi connectivity index (χ0n) is 12.1. The van der Waals surface area contributed by atoms with Crippen LogP contribution < -0.4 is 5.43 Å². The Bertz CT molecular complexity index is 884. The van der Waals surface area contributed by atoms with Crippen LogP contribution in [0.1, 0.15) is 10.7 Å². The van der Waals surface area contributed by atoms with E-state index >= 15 is 0 Å². The van der Waals surface area contributed by atoms with E-state index in [4.69, 9.17) is 0 Å². The molecule has 9 heteroatoms. The Kier molecular flexibility index (Phi) is 4.34. The normalized spacial score (nSPS) is 12.1. The van der Waals surface area contributed by atoms with Gasteiger partial charge in [0.2, 0.25) is 5.82 Å². The van der Waals surface area contributed by atoms with Gasteiger partial charge in [-0.15, -0.1) is 11.3 Å². The van der Waals surface area contributed by atoms with Crippen LogP contribution in [0.5, 0.6) is 0 Å². The van der Waals surface area contributed by atoms with Crippen molar-refractivity contribution in [3.63, 3.8) is 0 Å². The standard InChI is InChI=1S/C15H11F3N4OS/c16-15(17,18)14-20-11-5-1-2-6-12(11)22(14)9-13(23)21-19-8-10-4-3-7-24-10/h1-8H,9H2,(H,21,23). The fourth-order valence-electron chi connectivity index (χ4n) is 2.16. The Morgan fingerprint density at radius 1 is 1.29 bits per heavy atom. The highest BCUT2D eigenvalue weighted by atomic mass is 32.1. The van der Waals surface area contributed by atoms with E-state index in [9.17, 15) is 18.0 Å². The number of benzene rings is 1. The third-order valence-corrected chi connectivity index (χ3v) is 3.94. The Balaban J connectivity index is 1.82. The number of nitrogens with one attached hydrogen (secondary N) is 1. The highest BCUT2D eigenvalue weighted by Crippen LogP contribution is 2.31. The number of alkyl halides is 3. The number of carbonyl (C=O) groups excluding carboxylic acids is 1. The first kappa shape index (κ1) is 16.2. The molecule has 2 heterocycles.